The smallest absolute Gasteiger partial charge is 0.410 e. The molecule has 0 aromatic heterocycles. The van der Waals surface area contributed by atoms with E-state index in [2.05, 4.69) is 5.32 Å². The number of benzene rings is 2. The molecule has 2 aromatic rings. The molecule has 0 saturated carbocycles. The lowest BCUT2D eigenvalue weighted by atomic mass is 9.85. The van der Waals surface area contributed by atoms with Gasteiger partial charge < -0.3 is 19.9 Å². The number of anilines is 2. The minimum atomic E-state index is -0.684. The van der Waals surface area contributed by atoms with Crippen LogP contribution in [0, 0.1) is 6.92 Å². The number of hydrogen-bond acceptors (Lipinski definition) is 4. The van der Waals surface area contributed by atoms with E-state index in [1.165, 1.54) is 0 Å². The Morgan fingerprint density at radius 3 is 2.40 bits per heavy atom. The second-order valence-electron chi connectivity index (χ2n) is 11.1. The van der Waals surface area contributed by atoms with E-state index in [1.807, 2.05) is 71.9 Å². The lowest BCUT2D eigenvalue weighted by Crippen LogP contribution is -2.42. The van der Waals surface area contributed by atoms with Crippen LogP contribution in [0.1, 0.15) is 57.7 Å². The van der Waals surface area contributed by atoms with Crippen LogP contribution in [-0.2, 0) is 20.5 Å². The summed E-state index contributed by atoms with van der Waals surface area (Å²) in [5, 5.41) is 4.64. The number of amides is 2. The molecule has 0 radical (unpaired) electrons. The Balaban J connectivity index is 1.75. The highest BCUT2D eigenvalue weighted by molar-refractivity contribution is 6.43. The molecule has 0 bridgehead atoms. The molecule has 0 aliphatic carbocycles. The molecule has 1 fully saturated rings. The second kappa shape index (κ2) is 8.59. The third-order valence-corrected chi connectivity index (χ3v) is 7.94. The highest BCUT2D eigenvalue weighted by atomic mass is 35.5. The van der Waals surface area contributed by atoms with E-state index >= 15 is 0 Å². The molecule has 1 saturated heterocycles. The molecule has 2 aliphatic heterocycles. The molecule has 188 valence electrons. The Kier molecular flexibility index (Phi) is 6.30. The number of ether oxygens (including phenoxy) is 1. The molecule has 6 nitrogen and oxygen atoms in total. The molecule has 2 amide bonds. The largest absolute Gasteiger partial charge is 0.444 e. The number of fused-ring (bicyclic) bond motifs is 1. The quantitative estimate of drug-likeness (QED) is 0.504. The number of nitrogens with one attached hydrogen (secondary N) is 1. The highest BCUT2D eigenvalue weighted by Gasteiger charge is 2.46. The van der Waals surface area contributed by atoms with E-state index in [1.54, 1.807) is 16.8 Å². The van der Waals surface area contributed by atoms with Gasteiger partial charge in [-0.25, -0.2) is 4.79 Å². The first-order chi connectivity index (χ1) is 16.2. The molecular weight excluding hydrogens is 485 g/mol. The SMILES string of the molecule is Cc1ccc([C@]2(Nc3ccc4c(c3)N(C)C(=O)C4(C)C)CCN(C(=O)OC(C)(C)C)C2)c(Cl)c1Cl. The van der Waals surface area contributed by atoms with Crippen LogP contribution in [0.4, 0.5) is 16.2 Å². The standard InChI is InChI=1S/C27H33Cl2N3O3/c1-16-8-10-19(22(29)21(16)28)27(12-13-32(15-27)24(34)35-25(2,3)4)30-17-9-11-18-20(14-17)31(7)23(33)26(18,5)6/h8-11,14,30H,12-13,15H2,1-7H3/t27-/m0/s1. The van der Waals surface area contributed by atoms with Gasteiger partial charge in [0.2, 0.25) is 5.91 Å². The highest BCUT2D eigenvalue weighted by Crippen LogP contribution is 2.45. The zero-order valence-corrected chi connectivity index (χ0v) is 22.9. The Labute approximate surface area is 217 Å². The number of halogens is 2. The van der Waals surface area contributed by atoms with Crippen LogP contribution in [0.3, 0.4) is 0 Å². The molecule has 35 heavy (non-hydrogen) atoms. The van der Waals surface area contributed by atoms with Gasteiger partial charge in [0.1, 0.15) is 5.60 Å². The van der Waals surface area contributed by atoms with Gasteiger partial charge in [0.05, 0.1) is 27.5 Å². The van der Waals surface area contributed by atoms with Crippen molar-refractivity contribution in [3.63, 3.8) is 0 Å². The summed E-state index contributed by atoms with van der Waals surface area (Å²) in [7, 11) is 1.80. The fraction of sp³-hybridized carbons (Fsp3) is 0.481. The van der Waals surface area contributed by atoms with Crippen molar-refractivity contribution in [2.75, 3.05) is 30.4 Å². The summed E-state index contributed by atoms with van der Waals surface area (Å²) in [4.78, 5) is 29.1. The Morgan fingerprint density at radius 1 is 1.09 bits per heavy atom. The number of carbonyl (C=O) groups is 2. The third-order valence-electron chi connectivity index (χ3n) is 6.97. The van der Waals surface area contributed by atoms with Gasteiger partial charge >= 0.3 is 6.09 Å². The van der Waals surface area contributed by atoms with Crippen molar-refractivity contribution in [2.24, 2.45) is 0 Å². The van der Waals surface area contributed by atoms with Gasteiger partial charge in [0, 0.05) is 25.0 Å². The summed E-state index contributed by atoms with van der Waals surface area (Å²) < 4.78 is 5.64. The zero-order valence-electron chi connectivity index (χ0n) is 21.4. The lowest BCUT2D eigenvalue weighted by molar-refractivity contribution is -0.121. The van der Waals surface area contributed by atoms with E-state index in [9.17, 15) is 9.59 Å². The molecule has 1 atom stereocenters. The molecule has 4 rings (SSSR count). The Hall–Kier alpha value is -2.44. The maximum absolute atomic E-state index is 12.9. The predicted molar refractivity (Wildman–Crippen MR) is 142 cm³/mol. The Morgan fingerprint density at radius 2 is 1.74 bits per heavy atom. The predicted octanol–water partition coefficient (Wildman–Crippen LogP) is 6.50. The van der Waals surface area contributed by atoms with Crippen LogP contribution in [0.15, 0.2) is 30.3 Å². The summed E-state index contributed by atoms with van der Waals surface area (Å²) in [5.74, 6) is 0.0599. The first kappa shape index (κ1) is 25.6. The van der Waals surface area contributed by atoms with Gasteiger partial charge in [-0.15, -0.1) is 0 Å². The third kappa shape index (κ3) is 4.47. The summed E-state index contributed by atoms with van der Waals surface area (Å²) in [5.41, 5.74) is 2.55. The van der Waals surface area contributed by atoms with Crippen molar-refractivity contribution in [3.05, 3.63) is 57.1 Å². The van der Waals surface area contributed by atoms with E-state index in [-0.39, 0.29) is 12.0 Å². The molecule has 1 N–H and O–H groups in total. The van der Waals surface area contributed by atoms with Crippen LogP contribution in [0.5, 0.6) is 0 Å². The van der Waals surface area contributed by atoms with Gasteiger partial charge in [0.15, 0.2) is 0 Å². The fourth-order valence-corrected chi connectivity index (χ4v) is 5.59. The molecule has 2 heterocycles. The van der Waals surface area contributed by atoms with Gasteiger partial charge in [-0.3, -0.25) is 4.79 Å². The zero-order chi connectivity index (χ0) is 25.9. The number of likely N-dealkylation sites (tertiary alicyclic amines) is 1. The molecule has 0 unspecified atom stereocenters. The van der Waals surface area contributed by atoms with Crippen LogP contribution < -0.4 is 10.2 Å². The maximum Gasteiger partial charge on any atom is 0.410 e. The normalized spacial score (nSPS) is 21.3. The van der Waals surface area contributed by atoms with Crippen molar-refractivity contribution >= 4 is 46.6 Å². The van der Waals surface area contributed by atoms with Crippen molar-refractivity contribution in [3.8, 4) is 0 Å². The molecule has 2 aliphatic rings. The number of rotatable bonds is 3. The lowest BCUT2D eigenvalue weighted by Gasteiger charge is -2.34. The number of hydrogen-bond donors (Lipinski definition) is 1. The molecule has 0 spiro atoms. The number of aryl methyl sites for hydroxylation is 1. The van der Waals surface area contributed by atoms with E-state index in [4.69, 9.17) is 27.9 Å². The Bertz CT molecular complexity index is 1200. The number of carbonyl (C=O) groups excluding carboxylic acids is 2. The van der Waals surface area contributed by atoms with Crippen LogP contribution in [0.2, 0.25) is 10.0 Å². The minimum absolute atomic E-state index is 0.0599. The maximum atomic E-state index is 12.9. The van der Waals surface area contributed by atoms with Crippen molar-refractivity contribution in [1.29, 1.82) is 0 Å². The number of likely N-dealkylation sites (N-methyl/N-ethyl adjacent to an activating group) is 1. The van der Waals surface area contributed by atoms with Crippen LogP contribution in [0.25, 0.3) is 0 Å². The first-order valence-corrected chi connectivity index (χ1v) is 12.6. The summed E-state index contributed by atoms with van der Waals surface area (Å²) in [6.45, 7) is 12.2. The van der Waals surface area contributed by atoms with E-state index in [0.29, 0.717) is 29.6 Å². The summed E-state index contributed by atoms with van der Waals surface area (Å²) in [6, 6.07) is 9.89. The van der Waals surface area contributed by atoms with Crippen molar-refractivity contribution in [1.82, 2.24) is 4.90 Å². The summed E-state index contributed by atoms with van der Waals surface area (Å²) >= 11 is 13.3. The minimum Gasteiger partial charge on any atom is -0.444 e. The average Bonchev–Trinajstić information content (AvgIpc) is 3.26. The topological polar surface area (TPSA) is 61.9 Å². The molecule has 8 heteroatoms. The average molecular weight is 518 g/mol. The monoisotopic (exact) mass is 517 g/mol. The number of nitrogens with zero attached hydrogens (tertiary/aromatic N) is 2. The van der Waals surface area contributed by atoms with Crippen LogP contribution >= 0.6 is 23.2 Å². The first-order valence-electron chi connectivity index (χ1n) is 11.8. The van der Waals surface area contributed by atoms with Crippen molar-refractivity contribution in [2.45, 2.75) is 64.5 Å². The van der Waals surface area contributed by atoms with Gasteiger partial charge in [-0.05, 0) is 76.8 Å². The second-order valence-corrected chi connectivity index (χ2v) is 11.9. The fourth-order valence-electron chi connectivity index (χ4n) is 5.03. The van der Waals surface area contributed by atoms with Crippen molar-refractivity contribution < 1.29 is 14.3 Å². The molecule has 2 aromatic carbocycles. The summed E-state index contributed by atoms with van der Waals surface area (Å²) in [6.07, 6.45) is 0.249. The van der Waals surface area contributed by atoms with Gasteiger partial charge in [-0.1, -0.05) is 41.4 Å². The van der Waals surface area contributed by atoms with E-state index in [0.717, 1.165) is 28.1 Å². The van der Waals surface area contributed by atoms with E-state index < -0.39 is 16.6 Å². The van der Waals surface area contributed by atoms with Gasteiger partial charge in [-0.2, -0.15) is 0 Å². The van der Waals surface area contributed by atoms with Gasteiger partial charge in [0.25, 0.3) is 0 Å². The molecular formula is C27H33Cl2N3O3. The van der Waals surface area contributed by atoms with Crippen LogP contribution in [-0.4, -0.2) is 42.6 Å².